The van der Waals surface area contributed by atoms with Gasteiger partial charge in [-0.3, -0.25) is 9.59 Å². The standard InChI is InChI=1S/C24H12F11IN2O2/c25-17-13(7-4-8-16(17)37-19(39)11-5-2-1-3-6-11)20(40)38-18-14(22(27,28)29)9-12(10-15(18)36)21(26,23(30,31)32)24(33,34)35/h1-10H,(H,37,39)(H,38,40). The second kappa shape index (κ2) is 10.9. The maximum Gasteiger partial charge on any atom is 0.435 e. The molecule has 16 heteroatoms. The molecule has 0 saturated carbocycles. The van der Waals surface area contributed by atoms with Gasteiger partial charge >= 0.3 is 24.2 Å². The lowest BCUT2D eigenvalue weighted by Gasteiger charge is -2.31. The van der Waals surface area contributed by atoms with Gasteiger partial charge in [-0.25, -0.2) is 8.78 Å². The van der Waals surface area contributed by atoms with E-state index in [1.807, 2.05) is 0 Å². The molecule has 0 aliphatic heterocycles. The van der Waals surface area contributed by atoms with Crippen LogP contribution in [0.1, 0.15) is 31.8 Å². The van der Waals surface area contributed by atoms with E-state index in [1.54, 1.807) is 11.4 Å². The van der Waals surface area contributed by atoms with Crippen molar-refractivity contribution < 1.29 is 57.9 Å². The molecule has 4 nitrogen and oxygen atoms in total. The first-order chi connectivity index (χ1) is 18.3. The van der Waals surface area contributed by atoms with Crippen LogP contribution in [0, 0.1) is 9.39 Å². The molecule has 0 radical (unpaired) electrons. The molecule has 3 rings (SSSR count). The SMILES string of the molecule is O=C(Nc1cccc(C(=O)Nc2c(I)cc(C(F)(C(F)(F)F)C(F)(F)F)cc2C(F)(F)F)c1F)c1ccccc1. The highest BCUT2D eigenvalue weighted by atomic mass is 127. The van der Waals surface area contributed by atoms with Gasteiger partial charge in [0.15, 0.2) is 5.82 Å². The monoisotopic (exact) mass is 696 g/mol. The van der Waals surface area contributed by atoms with E-state index in [0.29, 0.717) is 0 Å². The van der Waals surface area contributed by atoms with E-state index in [0.717, 1.165) is 40.8 Å². The van der Waals surface area contributed by atoms with Crippen LogP contribution in [-0.2, 0) is 11.8 Å². The van der Waals surface area contributed by atoms with Gasteiger partial charge in [-0.1, -0.05) is 24.3 Å². The van der Waals surface area contributed by atoms with Gasteiger partial charge in [0.2, 0.25) is 0 Å². The van der Waals surface area contributed by atoms with E-state index >= 15 is 4.39 Å². The molecule has 0 spiro atoms. The fraction of sp³-hybridized carbons (Fsp3) is 0.167. The predicted molar refractivity (Wildman–Crippen MR) is 128 cm³/mol. The maximum atomic E-state index is 15.0. The fourth-order valence-corrected chi connectivity index (χ4v) is 4.17. The summed E-state index contributed by atoms with van der Waals surface area (Å²) < 4.78 is 148. The minimum atomic E-state index is -6.70. The lowest BCUT2D eigenvalue weighted by Crippen LogP contribution is -2.50. The maximum absolute atomic E-state index is 15.0. The number of alkyl halides is 10. The summed E-state index contributed by atoms with van der Waals surface area (Å²) >= 11 is 0.872. The van der Waals surface area contributed by atoms with E-state index in [1.165, 1.54) is 24.3 Å². The predicted octanol–water partition coefficient (Wildman–Crippen LogP) is 8.24. The Morgan fingerprint density at radius 2 is 1.27 bits per heavy atom. The van der Waals surface area contributed by atoms with Crippen LogP contribution in [0.4, 0.5) is 59.7 Å². The second-order valence-electron chi connectivity index (χ2n) is 7.97. The van der Waals surface area contributed by atoms with Gasteiger partial charge in [-0.05, 0) is 59.0 Å². The van der Waals surface area contributed by atoms with Crippen molar-refractivity contribution in [3.05, 3.63) is 92.3 Å². The topological polar surface area (TPSA) is 58.2 Å². The Labute approximate surface area is 230 Å². The highest BCUT2D eigenvalue weighted by Crippen LogP contribution is 2.54. The highest BCUT2D eigenvalue weighted by molar-refractivity contribution is 14.1. The summed E-state index contributed by atoms with van der Waals surface area (Å²) in [6.07, 6.45) is -19.1. The van der Waals surface area contributed by atoms with Crippen molar-refractivity contribution in [2.45, 2.75) is 24.2 Å². The Morgan fingerprint density at radius 1 is 0.700 bits per heavy atom. The summed E-state index contributed by atoms with van der Waals surface area (Å²) in [4.78, 5) is 25.0. The van der Waals surface area contributed by atoms with Crippen LogP contribution in [-0.4, -0.2) is 24.2 Å². The first kappa shape index (κ1) is 31.1. The summed E-state index contributed by atoms with van der Waals surface area (Å²) in [7, 11) is 0. The first-order valence-electron chi connectivity index (χ1n) is 10.5. The zero-order valence-corrected chi connectivity index (χ0v) is 21.3. The minimum Gasteiger partial charge on any atom is -0.320 e. The van der Waals surface area contributed by atoms with Crippen LogP contribution >= 0.6 is 22.6 Å². The normalized spacial score (nSPS) is 12.7. The molecule has 40 heavy (non-hydrogen) atoms. The van der Waals surface area contributed by atoms with Gasteiger partial charge in [-0.2, -0.15) is 39.5 Å². The molecule has 0 bridgehead atoms. The van der Waals surface area contributed by atoms with Crippen molar-refractivity contribution in [1.82, 2.24) is 0 Å². The average molecular weight is 696 g/mol. The van der Waals surface area contributed by atoms with E-state index in [-0.39, 0.29) is 11.6 Å². The molecule has 0 unspecified atom stereocenters. The summed E-state index contributed by atoms with van der Waals surface area (Å²) in [5.74, 6) is -3.84. The lowest BCUT2D eigenvalue weighted by atomic mass is 9.92. The number of anilines is 2. The number of hydrogen-bond donors (Lipinski definition) is 2. The summed E-state index contributed by atoms with van der Waals surface area (Å²) in [6.45, 7) is 0. The molecule has 0 aliphatic rings. The van der Waals surface area contributed by atoms with Crippen molar-refractivity contribution in [2.24, 2.45) is 0 Å². The van der Waals surface area contributed by atoms with Crippen LogP contribution < -0.4 is 10.6 Å². The molecular weight excluding hydrogens is 684 g/mol. The molecule has 2 N–H and O–H groups in total. The number of hydrogen-bond acceptors (Lipinski definition) is 2. The van der Waals surface area contributed by atoms with Crippen LogP contribution in [0.5, 0.6) is 0 Å². The largest absolute Gasteiger partial charge is 0.435 e. The van der Waals surface area contributed by atoms with Gasteiger partial charge in [0.25, 0.3) is 11.8 Å². The Bertz CT molecular complexity index is 1420. The third kappa shape index (κ3) is 6.00. The Balaban J connectivity index is 2.05. The molecule has 0 atom stereocenters. The number of carbonyl (C=O) groups is 2. The molecule has 214 valence electrons. The van der Waals surface area contributed by atoms with E-state index < -0.39 is 79.5 Å². The molecule has 0 saturated heterocycles. The van der Waals surface area contributed by atoms with Crippen molar-refractivity contribution in [1.29, 1.82) is 0 Å². The molecule has 0 fully saturated rings. The van der Waals surface area contributed by atoms with Crippen LogP contribution in [0.25, 0.3) is 0 Å². The molecule has 0 aromatic heterocycles. The van der Waals surface area contributed by atoms with Gasteiger partial charge < -0.3 is 10.6 Å². The number of benzene rings is 3. The van der Waals surface area contributed by atoms with Crippen molar-refractivity contribution >= 4 is 45.8 Å². The Hall–Kier alpha value is -3.44. The first-order valence-corrected chi connectivity index (χ1v) is 11.6. The van der Waals surface area contributed by atoms with Crippen LogP contribution in [0.3, 0.4) is 0 Å². The van der Waals surface area contributed by atoms with Gasteiger partial charge in [-0.15, -0.1) is 0 Å². The second-order valence-corrected chi connectivity index (χ2v) is 9.14. The Kier molecular flexibility index (Phi) is 8.44. The smallest absolute Gasteiger partial charge is 0.320 e. The third-order valence-corrected chi connectivity index (χ3v) is 6.19. The number of rotatable bonds is 5. The zero-order valence-electron chi connectivity index (χ0n) is 19.1. The highest BCUT2D eigenvalue weighted by Gasteiger charge is 2.73. The van der Waals surface area contributed by atoms with Gasteiger partial charge in [0.1, 0.15) is 0 Å². The Morgan fingerprint density at radius 3 is 1.80 bits per heavy atom. The van der Waals surface area contributed by atoms with E-state index in [2.05, 4.69) is 5.32 Å². The molecule has 3 aromatic rings. The number of amides is 2. The van der Waals surface area contributed by atoms with Crippen molar-refractivity contribution in [3.63, 3.8) is 0 Å². The van der Waals surface area contributed by atoms with E-state index in [4.69, 9.17) is 0 Å². The van der Waals surface area contributed by atoms with Gasteiger partial charge in [0, 0.05) is 14.7 Å². The number of carbonyl (C=O) groups excluding carboxylic acids is 2. The zero-order chi connectivity index (χ0) is 30.3. The molecule has 2 amide bonds. The molecule has 0 heterocycles. The van der Waals surface area contributed by atoms with E-state index in [9.17, 15) is 53.5 Å². The molecular formula is C24H12F11IN2O2. The summed E-state index contributed by atoms with van der Waals surface area (Å²) in [5.41, 5.74) is -13.6. The quantitative estimate of drug-likeness (QED) is 0.209. The summed E-state index contributed by atoms with van der Waals surface area (Å²) in [6, 6.07) is 9.28. The number of halogens is 12. The van der Waals surface area contributed by atoms with Gasteiger partial charge in [0.05, 0.1) is 22.5 Å². The lowest BCUT2D eigenvalue weighted by molar-refractivity contribution is -0.348. The molecule has 3 aromatic carbocycles. The van der Waals surface area contributed by atoms with Crippen LogP contribution in [0.15, 0.2) is 60.7 Å². The average Bonchev–Trinajstić information content (AvgIpc) is 2.84. The minimum absolute atomic E-state index is 0.0860. The number of nitrogens with one attached hydrogen (secondary N) is 2. The van der Waals surface area contributed by atoms with Crippen molar-refractivity contribution in [2.75, 3.05) is 10.6 Å². The fourth-order valence-electron chi connectivity index (χ4n) is 3.41. The summed E-state index contributed by atoms with van der Waals surface area (Å²) in [5, 5.41) is 3.76. The third-order valence-electron chi connectivity index (χ3n) is 5.34. The molecule has 0 aliphatic carbocycles. The van der Waals surface area contributed by atoms with Crippen molar-refractivity contribution in [3.8, 4) is 0 Å². The van der Waals surface area contributed by atoms with Crippen LogP contribution in [0.2, 0.25) is 0 Å².